The fourth-order valence-electron chi connectivity index (χ4n) is 2.85. The van der Waals surface area contributed by atoms with Gasteiger partial charge in [0.15, 0.2) is 0 Å². The van der Waals surface area contributed by atoms with Gasteiger partial charge in [-0.25, -0.2) is 0 Å². The lowest BCUT2D eigenvalue weighted by Gasteiger charge is -2.13. The van der Waals surface area contributed by atoms with Crippen molar-refractivity contribution in [3.63, 3.8) is 0 Å². The molecule has 0 unspecified atom stereocenters. The molecule has 2 nitrogen and oxygen atoms in total. The van der Waals surface area contributed by atoms with Crippen LogP contribution >= 0.6 is 0 Å². The Labute approximate surface area is 102 Å². The number of fused-ring (bicyclic) bond motifs is 1. The topological polar surface area (TPSA) is 30.9 Å². The number of nitrogens with two attached hydrogens (primary N) is 1. The van der Waals surface area contributed by atoms with Crippen LogP contribution in [0, 0.1) is 13.8 Å². The summed E-state index contributed by atoms with van der Waals surface area (Å²) in [5.74, 6) is 0. The Morgan fingerprint density at radius 1 is 1.29 bits per heavy atom. The van der Waals surface area contributed by atoms with Crippen molar-refractivity contribution in [2.24, 2.45) is 12.8 Å². The molecule has 1 aromatic carbocycles. The highest BCUT2D eigenvalue weighted by atomic mass is 14.9. The van der Waals surface area contributed by atoms with E-state index in [9.17, 15) is 0 Å². The molecule has 0 aliphatic heterocycles. The van der Waals surface area contributed by atoms with Crippen molar-refractivity contribution in [3.8, 4) is 0 Å². The average Bonchev–Trinajstić information content (AvgIpc) is 3.12. The van der Waals surface area contributed by atoms with Gasteiger partial charge in [-0.05, 0) is 49.9 Å². The van der Waals surface area contributed by atoms with E-state index in [-0.39, 0.29) is 0 Å². The zero-order valence-corrected chi connectivity index (χ0v) is 10.9. The Kier molecular flexibility index (Phi) is 2.14. The van der Waals surface area contributed by atoms with Gasteiger partial charge in [0.2, 0.25) is 0 Å². The van der Waals surface area contributed by atoms with Crippen LogP contribution in [0.1, 0.15) is 29.7 Å². The quantitative estimate of drug-likeness (QED) is 0.842. The van der Waals surface area contributed by atoms with E-state index < -0.39 is 0 Å². The minimum atomic E-state index is 0.296. The van der Waals surface area contributed by atoms with Crippen molar-refractivity contribution < 1.29 is 0 Å². The number of rotatable bonds is 2. The lowest BCUT2D eigenvalue weighted by atomic mass is 9.94. The molecule has 1 aliphatic carbocycles. The zero-order valence-electron chi connectivity index (χ0n) is 10.9. The molecule has 0 bridgehead atoms. The van der Waals surface area contributed by atoms with Gasteiger partial charge in [-0.15, -0.1) is 0 Å². The van der Waals surface area contributed by atoms with E-state index in [1.807, 2.05) is 0 Å². The summed E-state index contributed by atoms with van der Waals surface area (Å²) in [6.07, 6.45) is 2.50. The molecule has 1 aliphatic rings. The molecule has 0 amide bonds. The normalized spacial score (nSPS) is 17.6. The highest BCUT2D eigenvalue weighted by Gasteiger charge is 2.42. The lowest BCUT2D eigenvalue weighted by molar-refractivity contribution is 0.706. The van der Waals surface area contributed by atoms with E-state index in [4.69, 9.17) is 5.73 Å². The van der Waals surface area contributed by atoms with Gasteiger partial charge in [0, 0.05) is 35.6 Å². The first kappa shape index (κ1) is 10.8. The van der Waals surface area contributed by atoms with Gasteiger partial charge in [-0.3, -0.25) is 0 Å². The molecule has 3 rings (SSSR count). The number of nitrogens with zero attached hydrogens (tertiary/aromatic N) is 1. The molecule has 0 spiro atoms. The van der Waals surface area contributed by atoms with E-state index in [1.54, 1.807) is 0 Å². The van der Waals surface area contributed by atoms with Crippen LogP contribution < -0.4 is 5.73 Å². The first-order chi connectivity index (χ1) is 8.09. The summed E-state index contributed by atoms with van der Waals surface area (Å²) in [6, 6.07) is 6.87. The van der Waals surface area contributed by atoms with Crippen molar-refractivity contribution >= 4 is 10.9 Å². The number of hydrogen-bond acceptors (Lipinski definition) is 1. The van der Waals surface area contributed by atoms with Crippen LogP contribution in [-0.2, 0) is 12.5 Å². The highest BCUT2D eigenvalue weighted by molar-refractivity contribution is 5.86. The Morgan fingerprint density at radius 3 is 2.59 bits per heavy atom. The second-order valence-corrected chi connectivity index (χ2v) is 5.49. The fourth-order valence-corrected chi connectivity index (χ4v) is 2.85. The fraction of sp³-hybridized carbons (Fsp3) is 0.467. The third-order valence-corrected chi connectivity index (χ3v) is 4.66. The van der Waals surface area contributed by atoms with Crippen LogP contribution in [0.4, 0.5) is 0 Å². The molecule has 17 heavy (non-hydrogen) atoms. The van der Waals surface area contributed by atoms with Crippen LogP contribution in [0.15, 0.2) is 18.2 Å². The molecule has 90 valence electrons. The highest BCUT2D eigenvalue weighted by Crippen LogP contribution is 2.48. The molecule has 2 heteroatoms. The lowest BCUT2D eigenvalue weighted by Crippen LogP contribution is -2.19. The third-order valence-electron chi connectivity index (χ3n) is 4.66. The Bertz CT molecular complexity index is 588. The minimum absolute atomic E-state index is 0.296. The van der Waals surface area contributed by atoms with Crippen LogP contribution in [0.2, 0.25) is 0 Å². The summed E-state index contributed by atoms with van der Waals surface area (Å²) >= 11 is 0. The molecular formula is C15H20N2. The monoisotopic (exact) mass is 228 g/mol. The maximum absolute atomic E-state index is 5.91. The van der Waals surface area contributed by atoms with Crippen molar-refractivity contribution in [1.82, 2.24) is 4.57 Å². The second kappa shape index (κ2) is 3.36. The van der Waals surface area contributed by atoms with E-state index in [0.717, 1.165) is 6.54 Å². The van der Waals surface area contributed by atoms with Gasteiger partial charge in [0.05, 0.1) is 0 Å². The molecule has 1 aromatic heterocycles. The van der Waals surface area contributed by atoms with E-state index >= 15 is 0 Å². The van der Waals surface area contributed by atoms with E-state index in [2.05, 4.69) is 43.7 Å². The number of hydrogen-bond donors (Lipinski definition) is 1. The van der Waals surface area contributed by atoms with Gasteiger partial charge in [0.1, 0.15) is 0 Å². The van der Waals surface area contributed by atoms with Crippen molar-refractivity contribution in [3.05, 3.63) is 35.0 Å². The van der Waals surface area contributed by atoms with Gasteiger partial charge < -0.3 is 10.3 Å². The number of aryl methyl sites for hydroxylation is 2. The first-order valence-electron chi connectivity index (χ1n) is 6.35. The Balaban J connectivity index is 2.23. The largest absolute Gasteiger partial charge is 0.348 e. The summed E-state index contributed by atoms with van der Waals surface area (Å²) in [5, 5.41) is 1.39. The molecule has 0 radical (unpaired) electrons. The molecule has 0 saturated heterocycles. The summed E-state index contributed by atoms with van der Waals surface area (Å²) in [7, 11) is 2.14. The first-order valence-corrected chi connectivity index (χ1v) is 6.35. The number of benzene rings is 1. The molecule has 2 aromatic rings. The second-order valence-electron chi connectivity index (χ2n) is 5.49. The van der Waals surface area contributed by atoms with Crippen molar-refractivity contribution in [2.45, 2.75) is 32.1 Å². The average molecular weight is 228 g/mol. The van der Waals surface area contributed by atoms with Crippen LogP contribution in [-0.4, -0.2) is 11.1 Å². The predicted molar refractivity (Wildman–Crippen MR) is 72.4 cm³/mol. The SMILES string of the molecule is Cc1c(C)n(C)c2ccc(C3(CN)CC3)cc12. The van der Waals surface area contributed by atoms with Crippen molar-refractivity contribution in [2.75, 3.05) is 6.54 Å². The molecule has 1 fully saturated rings. The summed E-state index contributed by atoms with van der Waals surface area (Å²) in [5.41, 5.74) is 11.7. The van der Waals surface area contributed by atoms with Crippen LogP contribution in [0.25, 0.3) is 10.9 Å². The zero-order chi connectivity index (χ0) is 12.2. The van der Waals surface area contributed by atoms with Gasteiger partial charge in [0.25, 0.3) is 0 Å². The standard InChI is InChI=1S/C15H20N2/c1-10-11(2)17(3)14-5-4-12(8-13(10)14)15(9-16)6-7-15/h4-5,8H,6-7,9,16H2,1-3H3. The van der Waals surface area contributed by atoms with E-state index in [0.29, 0.717) is 5.41 Å². The minimum Gasteiger partial charge on any atom is -0.348 e. The maximum atomic E-state index is 5.91. The third kappa shape index (κ3) is 1.37. The van der Waals surface area contributed by atoms with Crippen LogP contribution in [0.5, 0.6) is 0 Å². The Morgan fingerprint density at radius 2 is 2.00 bits per heavy atom. The molecule has 2 N–H and O–H groups in total. The van der Waals surface area contributed by atoms with Gasteiger partial charge in [-0.2, -0.15) is 0 Å². The molecular weight excluding hydrogens is 208 g/mol. The Hall–Kier alpha value is -1.28. The predicted octanol–water partition coefficient (Wildman–Crippen LogP) is 2.79. The molecule has 1 heterocycles. The molecule has 0 atom stereocenters. The number of aromatic nitrogens is 1. The molecule has 1 saturated carbocycles. The summed E-state index contributed by atoms with van der Waals surface area (Å²) < 4.78 is 2.27. The van der Waals surface area contributed by atoms with E-state index in [1.165, 1.54) is 40.6 Å². The van der Waals surface area contributed by atoms with Gasteiger partial charge >= 0.3 is 0 Å². The van der Waals surface area contributed by atoms with Crippen LogP contribution in [0.3, 0.4) is 0 Å². The summed E-state index contributed by atoms with van der Waals surface area (Å²) in [6.45, 7) is 5.18. The maximum Gasteiger partial charge on any atom is 0.0482 e. The van der Waals surface area contributed by atoms with Crippen molar-refractivity contribution in [1.29, 1.82) is 0 Å². The summed E-state index contributed by atoms with van der Waals surface area (Å²) in [4.78, 5) is 0. The smallest absolute Gasteiger partial charge is 0.0482 e. The van der Waals surface area contributed by atoms with Gasteiger partial charge in [-0.1, -0.05) is 6.07 Å².